The van der Waals surface area contributed by atoms with E-state index in [9.17, 15) is 9.59 Å². The number of methoxy groups -OCH3 is 2. The van der Waals surface area contributed by atoms with E-state index in [1.165, 1.54) is 17.7 Å². The molecule has 1 aliphatic rings. The molecule has 25 heavy (non-hydrogen) atoms. The maximum atomic E-state index is 12.3. The zero-order valence-electron chi connectivity index (χ0n) is 14.5. The Bertz CT molecular complexity index is 844. The minimum Gasteiger partial charge on any atom is -0.465 e. The summed E-state index contributed by atoms with van der Waals surface area (Å²) in [5, 5.41) is 0. The van der Waals surface area contributed by atoms with Gasteiger partial charge >= 0.3 is 5.97 Å². The van der Waals surface area contributed by atoms with Crippen LogP contribution in [0.15, 0.2) is 47.4 Å². The molecule has 0 amide bonds. The summed E-state index contributed by atoms with van der Waals surface area (Å²) in [6, 6.07) is 10.3. The smallest absolute Gasteiger partial charge is 0.337 e. The second kappa shape index (κ2) is 6.82. The molecule has 1 aromatic carbocycles. The molecule has 2 atom stereocenters. The van der Waals surface area contributed by atoms with E-state index in [0.717, 1.165) is 11.1 Å². The fraction of sp³-hybridized carbons (Fsp3) is 0.368. The minimum atomic E-state index is -0.637. The molecule has 3 rings (SSSR count). The van der Waals surface area contributed by atoms with Crippen LogP contribution in [-0.2, 0) is 20.6 Å². The van der Waals surface area contributed by atoms with E-state index in [1.807, 2.05) is 13.0 Å². The third-order valence-electron chi connectivity index (χ3n) is 4.35. The summed E-state index contributed by atoms with van der Waals surface area (Å²) in [7, 11) is 2.96. The van der Waals surface area contributed by atoms with Gasteiger partial charge in [0.15, 0.2) is 6.23 Å². The number of aromatic nitrogens is 1. The number of pyridine rings is 1. The molecule has 0 N–H and O–H groups in total. The van der Waals surface area contributed by atoms with Crippen LogP contribution in [0, 0.1) is 0 Å². The van der Waals surface area contributed by atoms with E-state index in [-0.39, 0.29) is 5.56 Å². The van der Waals surface area contributed by atoms with Crippen LogP contribution in [0.2, 0.25) is 0 Å². The van der Waals surface area contributed by atoms with Gasteiger partial charge in [0.25, 0.3) is 5.56 Å². The van der Waals surface area contributed by atoms with Crippen LogP contribution in [0.25, 0.3) is 0 Å². The van der Waals surface area contributed by atoms with Crippen molar-refractivity contribution in [3.8, 4) is 0 Å². The largest absolute Gasteiger partial charge is 0.465 e. The molecule has 0 fully saturated rings. The van der Waals surface area contributed by atoms with E-state index >= 15 is 0 Å². The molecule has 1 aliphatic heterocycles. The summed E-state index contributed by atoms with van der Waals surface area (Å²) < 4.78 is 17.9. The molecule has 2 unspecified atom stereocenters. The van der Waals surface area contributed by atoms with Crippen molar-refractivity contribution in [3.63, 3.8) is 0 Å². The van der Waals surface area contributed by atoms with Gasteiger partial charge in [0.2, 0.25) is 0 Å². The Kier molecular flexibility index (Phi) is 4.74. The van der Waals surface area contributed by atoms with Gasteiger partial charge in [-0.1, -0.05) is 12.1 Å². The Morgan fingerprint density at radius 2 is 2.12 bits per heavy atom. The lowest BCUT2D eigenvalue weighted by atomic mass is 9.88. The number of carbonyl (C=O) groups is 1. The van der Waals surface area contributed by atoms with Crippen molar-refractivity contribution in [2.45, 2.75) is 25.2 Å². The molecule has 132 valence electrons. The van der Waals surface area contributed by atoms with Crippen LogP contribution in [0.4, 0.5) is 0 Å². The summed E-state index contributed by atoms with van der Waals surface area (Å²) in [6.45, 7) is 2.35. The lowest BCUT2D eigenvalue weighted by molar-refractivity contribution is -0.138. The van der Waals surface area contributed by atoms with E-state index in [4.69, 9.17) is 14.2 Å². The number of ether oxygens (including phenoxy) is 3. The zero-order chi connectivity index (χ0) is 18.0. The van der Waals surface area contributed by atoms with Gasteiger partial charge in [0.05, 0.1) is 24.9 Å². The van der Waals surface area contributed by atoms with Gasteiger partial charge in [0.1, 0.15) is 0 Å². The van der Waals surface area contributed by atoms with E-state index < -0.39 is 17.8 Å². The molecule has 2 heterocycles. The third-order valence-corrected chi connectivity index (χ3v) is 4.35. The first kappa shape index (κ1) is 17.4. The normalized spacial score (nSPS) is 22.3. The van der Waals surface area contributed by atoms with Gasteiger partial charge in [-0.2, -0.15) is 0 Å². The van der Waals surface area contributed by atoms with Crippen LogP contribution in [-0.4, -0.2) is 37.0 Å². The van der Waals surface area contributed by atoms with Crippen LogP contribution >= 0.6 is 0 Å². The van der Waals surface area contributed by atoms with Crippen LogP contribution in [0.3, 0.4) is 0 Å². The minimum absolute atomic E-state index is 0.177. The molecule has 0 saturated carbocycles. The summed E-state index contributed by atoms with van der Waals surface area (Å²) >= 11 is 0. The van der Waals surface area contributed by atoms with Crippen LogP contribution < -0.4 is 5.56 Å². The predicted molar refractivity (Wildman–Crippen MR) is 91.7 cm³/mol. The molecular formula is C19H21NO5. The van der Waals surface area contributed by atoms with Crippen molar-refractivity contribution >= 4 is 5.97 Å². The van der Waals surface area contributed by atoms with Gasteiger partial charge in [-0.15, -0.1) is 0 Å². The monoisotopic (exact) mass is 343 g/mol. The highest BCUT2D eigenvalue weighted by Gasteiger charge is 2.38. The fourth-order valence-electron chi connectivity index (χ4n) is 3.24. The number of hydrogen-bond donors (Lipinski definition) is 0. The molecule has 0 saturated heterocycles. The Hall–Kier alpha value is -2.44. The molecule has 0 spiro atoms. The number of benzene rings is 1. The lowest BCUT2D eigenvalue weighted by Crippen LogP contribution is -2.45. The Labute approximate surface area is 145 Å². The highest BCUT2D eigenvalue weighted by Crippen LogP contribution is 2.37. The standard InChI is InChI=1S/C19H21NO5/c1-19(12-23-2)11-14-8-7-13(18(22)24-3)10-15(14)17(25-19)20-9-5-4-6-16(20)21/h4-10,17H,11-12H2,1-3H3. The second-order valence-electron chi connectivity index (χ2n) is 6.38. The lowest BCUT2D eigenvalue weighted by Gasteiger charge is -2.40. The first-order valence-corrected chi connectivity index (χ1v) is 8.02. The average molecular weight is 343 g/mol. The zero-order valence-corrected chi connectivity index (χ0v) is 14.5. The Morgan fingerprint density at radius 3 is 2.80 bits per heavy atom. The Morgan fingerprint density at radius 1 is 1.32 bits per heavy atom. The first-order chi connectivity index (χ1) is 12.0. The molecule has 6 heteroatoms. The maximum Gasteiger partial charge on any atom is 0.337 e. The second-order valence-corrected chi connectivity index (χ2v) is 6.38. The van der Waals surface area contributed by atoms with Crippen molar-refractivity contribution < 1.29 is 19.0 Å². The number of fused-ring (bicyclic) bond motifs is 1. The Balaban J connectivity index is 2.14. The van der Waals surface area contributed by atoms with Gasteiger partial charge in [-0.25, -0.2) is 4.79 Å². The number of esters is 1. The van der Waals surface area contributed by atoms with Crippen molar-refractivity contribution in [1.29, 1.82) is 0 Å². The van der Waals surface area contributed by atoms with E-state index in [2.05, 4.69) is 0 Å². The predicted octanol–water partition coefficient (Wildman–Crippen LogP) is 2.16. The van der Waals surface area contributed by atoms with Crippen molar-refractivity contribution in [2.24, 2.45) is 0 Å². The summed E-state index contributed by atoms with van der Waals surface area (Å²) in [5.41, 5.74) is 1.47. The van der Waals surface area contributed by atoms with Crippen LogP contribution in [0.5, 0.6) is 0 Å². The molecule has 2 aromatic rings. The number of carbonyl (C=O) groups excluding carboxylic acids is 1. The summed E-state index contributed by atoms with van der Waals surface area (Å²) in [6.07, 6.45) is 1.66. The van der Waals surface area contributed by atoms with Crippen molar-refractivity contribution in [2.75, 3.05) is 20.8 Å². The van der Waals surface area contributed by atoms with E-state index in [1.54, 1.807) is 37.6 Å². The van der Waals surface area contributed by atoms with Crippen molar-refractivity contribution in [3.05, 3.63) is 69.6 Å². The molecule has 0 radical (unpaired) electrons. The average Bonchev–Trinajstić information content (AvgIpc) is 2.60. The SMILES string of the molecule is COCC1(C)Cc2ccc(C(=O)OC)cc2C(n2ccccc2=O)O1. The highest BCUT2D eigenvalue weighted by atomic mass is 16.6. The molecule has 0 bridgehead atoms. The van der Waals surface area contributed by atoms with Gasteiger partial charge in [-0.05, 0) is 30.7 Å². The third kappa shape index (κ3) is 3.36. The van der Waals surface area contributed by atoms with Crippen molar-refractivity contribution in [1.82, 2.24) is 4.57 Å². The molecule has 6 nitrogen and oxygen atoms in total. The van der Waals surface area contributed by atoms with Gasteiger partial charge in [0, 0.05) is 31.4 Å². The number of hydrogen-bond acceptors (Lipinski definition) is 5. The summed E-state index contributed by atoms with van der Waals surface area (Å²) in [5.74, 6) is -0.424. The summed E-state index contributed by atoms with van der Waals surface area (Å²) in [4.78, 5) is 24.2. The molecule has 1 aromatic heterocycles. The topological polar surface area (TPSA) is 66.8 Å². The van der Waals surface area contributed by atoms with Crippen LogP contribution in [0.1, 0.15) is 34.6 Å². The maximum absolute atomic E-state index is 12.3. The van der Waals surface area contributed by atoms with E-state index in [0.29, 0.717) is 18.6 Å². The van der Waals surface area contributed by atoms with Gasteiger partial charge < -0.3 is 14.2 Å². The van der Waals surface area contributed by atoms with Gasteiger partial charge in [-0.3, -0.25) is 9.36 Å². The number of rotatable bonds is 4. The fourth-order valence-corrected chi connectivity index (χ4v) is 3.24. The quantitative estimate of drug-likeness (QED) is 0.796. The number of nitrogens with zero attached hydrogens (tertiary/aromatic N) is 1. The molecule has 0 aliphatic carbocycles. The highest BCUT2D eigenvalue weighted by molar-refractivity contribution is 5.89. The first-order valence-electron chi connectivity index (χ1n) is 8.02. The molecular weight excluding hydrogens is 322 g/mol.